The number of rotatable bonds is 6. The van der Waals surface area contributed by atoms with E-state index < -0.39 is 34.5 Å². The molecule has 4 aliphatic heterocycles. The molecule has 4 aromatic rings. The van der Waals surface area contributed by atoms with Crippen LogP contribution in [-0.2, 0) is 49.3 Å². The molecule has 10 nitrogen and oxygen atoms in total. The van der Waals surface area contributed by atoms with Crippen LogP contribution >= 0.6 is 17.2 Å². The number of esters is 2. The topological polar surface area (TPSA) is 108 Å². The van der Waals surface area contributed by atoms with Crippen LogP contribution in [0.5, 0.6) is 23.0 Å². The van der Waals surface area contributed by atoms with Crippen LogP contribution in [-0.4, -0.2) is 38.4 Å². The number of benzene rings is 4. The van der Waals surface area contributed by atoms with Gasteiger partial charge in [0.05, 0.1) is 31.8 Å². The standard InChI is InChI=1S/C49H58O10P2/c1-45(2,3)29-13-17-37-33(21-29)41(43(50)56-37)35-23-31(47(7,8)9)15-19-39(35)58-60-52-25-49(26-53-60)27-54-61(55-28-49)59-40-20-16-32(48(10,11)12)24-36(40)42-34-22-30(46(4,5)6)14-18-38(34)57-44(42)51/h13-24,41-42H,25-28H2,1-12H3. The van der Waals surface area contributed by atoms with Crippen molar-refractivity contribution in [1.82, 2.24) is 0 Å². The molecule has 0 N–H and O–H groups in total. The summed E-state index contributed by atoms with van der Waals surface area (Å²) < 4.78 is 49.7. The van der Waals surface area contributed by atoms with Gasteiger partial charge in [0.15, 0.2) is 0 Å². The molecular formula is C49H58O10P2. The number of hydrogen-bond acceptors (Lipinski definition) is 10. The quantitative estimate of drug-likeness (QED) is 0.106. The highest BCUT2D eigenvalue weighted by Crippen LogP contribution is 2.56. The van der Waals surface area contributed by atoms with E-state index in [-0.39, 0.29) is 60.0 Å². The highest BCUT2D eigenvalue weighted by Gasteiger charge is 2.47. The minimum Gasteiger partial charge on any atom is -0.426 e. The van der Waals surface area contributed by atoms with E-state index in [0.29, 0.717) is 34.1 Å². The summed E-state index contributed by atoms with van der Waals surface area (Å²) in [5, 5.41) is 0. The van der Waals surface area contributed by atoms with Gasteiger partial charge in [-0.25, -0.2) is 0 Å². The van der Waals surface area contributed by atoms with Gasteiger partial charge in [-0.3, -0.25) is 9.59 Å². The molecule has 1 spiro atoms. The Morgan fingerprint density at radius 1 is 0.459 bits per heavy atom. The first-order valence-corrected chi connectivity index (χ1v) is 23.2. The van der Waals surface area contributed by atoms with Crippen LogP contribution in [0.25, 0.3) is 0 Å². The van der Waals surface area contributed by atoms with Crippen molar-refractivity contribution in [1.29, 1.82) is 0 Å². The first-order valence-electron chi connectivity index (χ1n) is 21.0. The van der Waals surface area contributed by atoms with E-state index in [1.165, 1.54) is 0 Å². The molecule has 0 aliphatic carbocycles. The molecule has 61 heavy (non-hydrogen) atoms. The van der Waals surface area contributed by atoms with Crippen molar-refractivity contribution in [2.75, 3.05) is 26.4 Å². The SMILES string of the molecule is CC(C)(C)c1ccc2c(c1)C(c1cc(C(C)(C)C)ccc1OP1OCC3(CO1)COP(Oc1ccc(C(C)(C)C)cc1C1C(=O)Oc4ccc(C(C)(C)C)cc41)OC3)C(=O)O2. The number of ether oxygens (including phenoxy) is 2. The summed E-state index contributed by atoms with van der Waals surface area (Å²) in [6.45, 7) is 26.8. The molecule has 4 heterocycles. The third kappa shape index (κ3) is 8.87. The van der Waals surface area contributed by atoms with E-state index >= 15 is 0 Å². The highest BCUT2D eigenvalue weighted by atomic mass is 31.2. The number of fused-ring (bicyclic) bond motifs is 2. The number of carbonyl (C=O) groups excluding carboxylic acids is 2. The molecule has 2 saturated heterocycles. The molecule has 324 valence electrons. The molecule has 8 rings (SSSR count). The van der Waals surface area contributed by atoms with Gasteiger partial charge in [0, 0.05) is 22.3 Å². The Kier molecular flexibility index (Phi) is 11.3. The van der Waals surface area contributed by atoms with Crippen molar-refractivity contribution in [2.45, 2.75) is 117 Å². The highest BCUT2D eigenvalue weighted by molar-refractivity contribution is 7.42. The first-order chi connectivity index (χ1) is 28.5. The monoisotopic (exact) mass is 868 g/mol. The van der Waals surface area contributed by atoms with Crippen LogP contribution in [0.3, 0.4) is 0 Å². The number of hydrogen-bond donors (Lipinski definition) is 0. The van der Waals surface area contributed by atoms with Gasteiger partial charge in [-0.05, 0) is 68.2 Å². The lowest BCUT2D eigenvalue weighted by atomic mass is 9.81. The summed E-state index contributed by atoms with van der Waals surface area (Å²) in [7, 11) is -3.63. The fourth-order valence-corrected chi connectivity index (χ4v) is 10.4. The van der Waals surface area contributed by atoms with E-state index in [1.54, 1.807) is 0 Å². The van der Waals surface area contributed by atoms with Crippen LogP contribution in [0.2, 0.25) is 0 Å². The van der Waals surface area contributed by atoms with Gasteiger partial charge < -0.3 is 36.6 Å². The van der Waals surface area contributed by atoms with Crippen molar-refractivity contribution < 1.29 is 46.2 Å². The lowest BCUT2D eigenvalue weighted by Crippen LogP contribution is -2.45. The predicted molar refractivity (Wildman–Crippen MR) is 237 cm³/mol. The number of carbonyl (C=O) groups is 2. The summed E-state index contributed by atoms with van der Waals surface area (Å²) in [4.78, 5) is 27.2. The van der Waals surface area contributed by atoms with Crippen LogP contribution < -0.4 is 18.5 Å². The molecule has 0 bridgehead atoms. The van der Waals surface area contributed by atoms with Crippen molar-refractivity contribution in [3.05, 3.63) is 117 Å². The minimum absolute atomic E-state index is 0.115. The second kappa shape index (κ2) is 15.7. The molecule has 0 amide bonds. The molecule has 12 heteroatoms. The zero-order valence-electron chi connectivity index (χ0n) is 37.4. The Balaban J connectivity index is 0.972. The molecule has 2 atom stereocenters. The van der Waals surface area contributed by atoms with E-state index in [2.05, 4.69) is 95.2 Å². The van der Waals surface area contributed by atoms with Crippen LogP contribution in [0.4, 0.5) is 0 Å². The molecule has 2 unspecified atom stereocenters. The average molecular weight is 869 g/mol. The predicted octanol–water partition coefficient (Wildman–Crippen LogP) is 12.0. The Morgan fingerprint density at radius 2 is 0.754 bits per heavy atom. The first kappa shape index (κ1) is 43.8. The van der Waals surface area contributed by atoms with Crippen LogP contribution in [0.1, 0.15) is 139 Å². The molecule has 0 saturated carbocycles. The molecule has 4 aromatic carbocycles. The second-order valence-electron chi connectivity index (χ2n) is 20.9. The Labute approximate surface area is 362 Å². The molecule has 4 aliphatic rings. The van der Waals surface area contributed by atoms with Gasteiger partial charge in [0.25, 0.3) is 0 Å². The zero-order valence-corrected chi connectivity index (χ0v) is 39.2. The fourth-order valence-electron chi connectivity index (χ4n) is 7.84. The van der Waals surface area contributed by atoms with Gasteiger partial charge in [-0.2, -0.15) is 0 Å². The summed E-state index contributed by atoms with van der Waals surface area (Å²) >= 11 is 0. The van der Waals surface area contributed by atoms with Crippen molar-refractivity contribution in [2.24, 2.45) is 5.41 Å². The van der Waals surface area contributed by atoms with Crippen molar-refractivity contribution in [3.63, 3.8) is 0 Å². The largest absolute Gasteiger partial charge is 0.426 e. The van der Waals surface area contributed by atoms with Gasteiger partial charge in [0.1, 0.15) is 34.8 Å². The lowest BCUT2D eigenvalue weighted by molar-refractivity contribution is -0.134. The minimum atomic E-state index is -1.82. The maximum absolute atomic E-state index is 13.6. The summed E-state index contributed by atoms with van der Waals surface area (Å²) in [6.07, 6.45) is 0. The van der Waals surface area contributed by atoms with Gasteiger partial charge in [-0.15, -0.1) is 0 Å². The maximum atomic E-state index is 13.6. The van der Waals surface area contributed by atoms with E-state index in [1.807, 2.05) is 60.7 Å². The van der Waals surface area contributed by atoms with E-state index in [9.17, 15) is 9.59 Å². The Morgan fingerprint density at radius 3 is 1.07 bits per heavy atom. The average Bonchev–Trinajstić information content (AvgIpc) is 3.69. The summed E-state index contributed by atoms with van der Waals surface area (Å²) in [5.41, 5.74) is 6.26. The maximum Gasteiger partial charge on any atom is 0.397 e. The van der Waals surface area contributed by atoms with Gasteiger partial charge in [0.2, 0.25) is 0 Å². The van der Waals surface area contributed by atoms with Crippen LogP contribution in [0, 0.1) is 5.41 Å². The Bertz CT molecular complexity index is 2180. The summed E-state index contributed by atoms with van der Waals surface area (Å²) in [5.74, 6) is 0.127. The van der Waals surface area contributed by atoms with Gasteiger partial charge in [-0.1, -0.05) is 132 Å². The third-order valence-corrected chi connectivity index (χ3v) is 13.9. The summed E-state index contributed by atoms with van der Waals surface area (Å²) in [6, 6.07) is 23.9. The Hall–Kier alpha value is -3.88. The van der Waals surface area contributed by atoms with E-state index in [4.69, 9.17) is 36.6 Å². The molecular weight excluding hydrogens is 810 g/mol. The molecule has 2 fully saturated rings. The molecule has 0 radical (unpaired) electrons. The zero-order chi connectivity index (χ0) is 43.9. The second-order valence-corrected chi connectivity index (χ2v) is 23.2. The van der Waals surface area contributed by atoms with Gasteiger partial charge >= 0.3 is 29.1 Å². The normalized spacial score (nSPS) is 24.3. The lowest BCUT2D eigenvalue weighted by Gasteiger charge is -2.41. The van der Waals surface area contributed by atoms with Crippen molar-refractivity contribution >= 4 is 29.1 Å². The van der Waals surface area contributed by atoms with E-state index in [0.717, 1.165) is 33.4 Å². The third-order valence-electron chi connectivity index (χ3n) is 11.9. The fraction of sp³-hybridized carbons (Fsp3) is 0.469. The smallest absolute Gasteiger partial charge is 0.397 e. The molecule has 0 aromatic heterocycles. The van der Waals surface area contributed by atoms with Crippen LogP contribution in [0.15, 0.2) is 72.8 Å². The van der Waals surface area contributed by atoms with Crippen molar-refractivity contribution in [3.8, 4) is 23.0 Å².